The smallest absolute Gasteiger partial charge is 0.135 e. The van der Waals surface area contributed by atoms with Gasteiger partial charge in [-0.1, -0.05) is 32.9 Å². The Hall–Kier alpha value is -3.61. The number of nitrogens with one attached hydrogen (secondary N) is 2. The quantitative estimate of drug-likeness (QED) is 0.512. The van der Waals surface area contributed by atoms with Crippen LogP contribution in [0.4, 0.5) is 17.2 Å². The molecule has 3 aromatic heterocycles. The van der Waals surface area contributed by atoms with Crippen molar-refractivity contribution in [2.24, 2.45) is 0 Å². The van der Waals surface area contributed by atoms with Gasteiger partial charge in [0.25, 0.3) is 0 Å². The molecule has 0 bridgehead atoms. The molecule has 7 nitrogen and oxygen atoms in total. The molecule has 0 fully saturated rings. The molecule has 0 unspecified atom stereocenters. The minimum atomic E-state index is 0.667. The largest absolute Gasteiger partial charge is 0.498 e. The Balaban J connectivity index is 0.000000387. The summed E-state index contributed by atoms with van der Waals surface area (Å²) < 4.78 is 5.27. The van der Waals surface area contributed by atoms with Crippen molar-refractivity contribution in [3.8, 4) is 0 Å². The fraction of sp³-hybridized carbons (Fsp3) is 0.320. The summed E-state index contributed by atoms with van der Waals surface area (Å²) in [6, 6.07) is 7.92. The monoisotopic (exact) mass is 434 g/mol. The third-order valence-corrected chi connectivity index (χ3v) is 4.42. The second-order valence-corrected chi connectivity index (χ2v) is 6.79. The molecule has 0 atom stereocenters. The molecule has 0 saturated carbocycles. The number of pyridine rings is 2. The van der Waals surface area contributed by atoms with Crippen molar-refractivity contribution in [1.82, 2.24) is 20.2 Å². The zero-order chi connectivity index (χ0) is 23.2. The molecule has 0 aromatic carbocycles. The maximum Gasteiger partial charge on any atom is 0.135 e. The zero-order valence-corrected chi connectivity index (χ0v) is 19.7. The highest BCUT2D eigenvalue weighted by Crippen LogP contribution is 2.29. The number of ether oxygens (including phenoxy) is 1. The molecule has 4 heterocycles. The number of anilines is 3. The normalized spacial score (nSPS) is 12.3. The van der Waals surface area contributed by atoms with E-state index in [1.54, 1.807) is 18.7 Å². The van der Waals surface area contributed by atoms with E-state index in [0.29, 0.717) is 6.61 Å². The van der Waals surface area contributed by atoms with Crippen LogP contribution < -0.4 is 10.2 Å². The molecule has 0 radical (unpaired) electrons. The first-order valence-corrected chi connectivity index (χ1v) is 11.0. The lowest BCUT2D eigenvalue weighted by molar-refractivity contribution is 0.245. The third kappa shape index (κ3) is 7.58. The van der Waals surface area contributed by atoms with Gasteiger partial charge in [-0.2, -0.15) is 5.10 Å². The molecule has 1 aliphatic rings. The third-order valence-electron chi connectivity index (χ3n) is 4.42. The Bertz CT molecular complexity index is 968. The van der Waals surface area contributed by atoms with Crippen LogP contribution in [0.25, 0.3) is 6.08 Å². The van der Waals surface area contributed by atoms with Crippen molar-refractivity contribution < 1.29 is 4.74 Å². The number of rotatable bonds is 5. The number of aromatic nitrogens is 4. The van der Waals surface area contributed by atoms with E-state index >= 15 is 0 Å². The van der Waals surface area contributed by atoms with Gasteiger partial charge in [-0.15, -0.1) is 0 Å². The van der Waals surface area contributed by atoms with Crippen molar-refractivity contribution in [3.63, 3.8) is 0 Å². The topological polar surface area (TPSA) is 79.0 Å². The van der Waals surface area contributed by atoms with Crippen LogP contribution in [0.3, 0.4) is 0 Å². The van der Waals surface area contributed by atoms with Crippen LogP contribution in [0.2, 0.25) is 0 Å². The van der Waals surface area contributed by atoms with Crippen LogP contribution in [-0.2, 0) is 4.74 Å². The summed E-state index contributed by atoms with van der Waals surface area (Å²) in [5, 5.41) is 9.91. The Kier molecular flexibility index (Phi) is 10.5. The van der Waals surface area contributed by atoms with E-state index < -0.39 is 0 Å². The molecule has 170 valence electrons. The van der Waals surface area contributed by atoms with Gasteiger partial charge < -0.3 is 15.0 Å². The fourth-order valence-electron chi connectivity index (χ4n) is 2.88. The Labute approximate surface area is 191 Å². The lowest BCUT2D eigenvalue weighted by Gasteiger charge is -2.24. The van der Waals surface area contributed by atoms with Crippen LogP contribution in [-0.4, -0.2) is 33.3 Å². The molecular formula is C25H34N6O. The van der Waals surface area contributed by atoms with Crippen LogP contribution in [0.5, 0.6) is 0 Å². The van der Waals surface area contributed by atoms with Crippen LogP contribution in [0.1, 0.15) is 44.1 Å². The summed E-state index contributed by atoms with van der Waals surface area (Å²) in [5.74, 6) is 0.909. The lowest BCUT2D eigenvalue weighted by Crippen LogP contribution is -2.25. The first kappa shape index (κ1) is 24.7. The van der Waals surface area contributed by atoms with Gasteiger partial charge in [0.1, 0.15) is 12.4 Å². The van der Waals surface area contributed by atoms with Crippen molar-refractivity contribution in [1.29, 1.82) is 0 Å². The summed E-state index contributed by atoms with van der Waals surface area (Å²) in [6.45, 7) is 11.6. The Morgan fingerprint density at radius 3 is 2.62 bits per heavy atom. The van der Waals surface area contributed by atoms with Gasteiger partial charge in [0.05, 0.1) is 30.4 Å². The highest BCUT2D eigenvalue weighted by molar-refractivity contribution is 5.76. The molecule has 1 aliphatic heterocycles. The van der Waals surface area contributed by atoms with E-state index in [4.69, 9.17) is 9.72 Å². The van der Waals surface area contributed by atoms with E-state index in [1.165, 1.54) is 0 Å². The molecule has 0 amide bonds. The van der Waals surface area contributed by atoms with Crippen LogP contribution in [0, 0.1) is 13.8 Å². The molecule has 0 saturated heterocycles. The fourth-order valence-corrected chi connectivity index (χ4v) is 2.88. The van der Waals surface area contributed by atoms with Crippen LogP contribution >= 0.6 is 0 Å². The maximum atomic E-state index is 5.27. The zero-order valence-electron chi connectivity index (χ0n) is 19.7. The standard InChI is InChI=1S/C19H22N4O.C4H6N2.C2H6/c1-3-4-7-17-15(2)21-19(23-9-11-24-12-10-23)13-18(17)22-16-6-5-8-20-14-16;1-4-2-3-5-6-4;1-2/h4-9,11,13-14H,3,10,12H2,1-2H3,(H,21,22);2-3H,1H3,(H,5,6);1-2H3/b7-4-;;. The second-order valence-electron chi connectivity index (χ2n) is 6.79. The molecule has 2 N–H and O–H groups in total. The number of allylic oxidation sites excluding steroid dienone is 1. The van der Waals surface area contributed by atoms with E-state index in [-0.39, 0.29) is 0 Å². The molecular weight excluding hydrogens is 400 g/mol. The predicted molar refractivity (Wildman–Crippen MR) is 133 cm³/mol. The molecule has 0 spiro atoms. The van der Waals surface area contributed by atoms with Gasteiger partial charge >= 0.3 is 0 Å². The van der Waals surface area contributed by atoms with E-state index in [0.717, 1.165) is 47.1 Å². The van der Waals surface area contributed by atoms with E-state index in [9.17, 15) is 0 Å². The number of hydrogen-bond acceptors (Lipinski definition) is 6. The van der Waals surface area contributed by atoms with Gasteiger partial charge in [-0.25, -0.2) is 4.98 Å². The Morgan fingerprint density at radius 1 is 1.22 bits per heavy atom. The summed E-state index contributed by atoms with van der Waals surface area (Å²) in [7, 11) is 0. The first-order chi connectivity index (χ1) is 15.7. The summed E-state index contributed by atoms with van der Waals surface area (Å²) in [5.41, 5.74) is 5.17. The highest BCUT2D eigenvalue weighted by Gasteiger charge is 2.14. The van der Waals surface area contributed by atoms with E-state index in [1.807, 2.05) is 58.3 Å². The molecule has 7 heteroatoms. The van der Waals surface area contributed by atoms with Crippen molar-refractivity contribution >= 4 is 23.3 Å². The lowest BCUT2D eigenvalue weighted by atomic mass is 10.1. The van der Waals surface area contributed by atoms with Gasteiger partial charge in [0, 0.05) is 41.6 Å². The SMILES string of the molecule is CC.CC/C=C\c1c(Nc2cccnc2)cc(N2C=COCC2)nc1C.Cc1ccn[nH]1. The highest BCUT2D eigenvalue weighted by atomic mass is 16.5. The van der Waals surface area contributed by atoms with Crippen molar-refractivity contribution in [3.05, 3.63) is 78.3 Å². The average Bonchev–Trinajstić information content (AvgIpc) is 3.32. The summed E-state index contributed by atoms with van der Waals surface area (Å²) >= 11 is 0. The molecule has 0 aliphatic carbocycles. The molecule has 4 rings (SSSR count). The number of nitrogens with zero attached hydrogens (tertiary/aromatic N) is 4. The Morgan fingerprint density at radius 2 is 2.06 bits per heavy atom. The first-order valence-electron chi connectivity index (χ1n) is 11.0. The number of aromatic amines is 1. The summed E-state index contributed by atoms with van der Waals surface area (Å²) in [6.07, 6.45) is 14.2. The number of aryl methyl sites for hydroxylation is 2. The van der Waals surface area contributed by atoms with Gasteiger partial charge in [-0.3, -0.25) is 10.1 Å². The predicted octanol–water partition coefficient (Wildman–Crippen LogP) is 6.00. The van der Waals surface area contributed by atoms with Crippen molar-refractivity contribution in [2.75, 3.05) is 23.4 Å². The molecule has 32 heavy (non-hydrogen) atoms. The maximum absolute atomic E-state index is 5.27. The average molecular weight is 435 g/mol. The second kappa shape index (κ2) is 13.6. The molecule has 3 aromatic rings. The van der Waals surface area contributed by atoms with E-state index in [2.05, 4.69) is 50.5 Å². The van der Waals surface area contributed by atoms with Crippen LogP contribution in [0.15, 0.2) is 61.4 Å². The number of hydrogen-bond donors (Lipinski definition) is 2. The minimum Gasteiger partial charge on any atom is -0.498 e. The number of H-pyrrole nitrogens is 1. The van der Waals surface area contributed by atoms with Gasteiger partial charge in [0.15, 0.2) is 0 Å². The van der Waals surface area contributed by atoms with Gasteiger partial charge in [0.2, 0.25) is 0 Å². The minimum absolute atomic E-state index is 0.667. The van der Waals surface area contributed by atoms with Gasteiger partial charge in [-0.05, 0) is 38.5 Å². The summed E-state index contributed by atoms with van der Waals surface area (Å²) in [4.78, 5) is 11.0. The van der Waals surface area contributed by atoms with Crippen molar-refractivity contribution in [2.45, 2.75) is 41.0 Å².